The molecule has 5 nitrogen and oxygen atoms in total. The highest BCUT2D eigenvalue weighted by molar-refractivity contribution is 9.10. The second-order valence-electron chi connectivity index (χ2n) is 5.41. The number of aromatic nitrogens is 1. The number of nitrogens with one attached hydrogen (secondary N) is 2. The molecule has 2 aromatic rings. The summed E-state index contributed by atoms with van der Waals surface area (Å²) in [5, 5.41) is 6.15. The third-order valence-electron chi connectivity index (χ3n) is 3.76. The van der Waals surface area contributed by atoms with Gasteiger partial charge in [-0.1, -0.05) is 12.1 Å². The van der Waals surface area contributed by atoms with E-state index in [9.17, 15) is 4.79 Å². The van der Waals surface area contributed by atoms with E-state index >= 15 is 0 Å². The van der Waals surface area contributed by atoms with E-state index < -0.39 is 0 Å². The number of hydrogen-bond acceptors (Lipinski definition) is 4. The maximum Gasteiger partial charge on any atom is 0.227 e. The summed E-state index contributed by atoms with van der Waals surface area (Å²) in [6, 6.07) is 11.5. The van der Waals surface area contributed by atoms with Gasteiger partial charge < -0.3 is 15.4 Å². The average Bonchev–Trinajstić information content (AvgIpc) is 2.59. The molecule has 1 amide bonds. The van der Waals surface area contributed by atoms with Crippen molar-refractivity contribution in [2.24, 2.45) is 5.92 Å². The van der Waals surface area contributed by atoms with Gasteiger partial charge in [0, 0.05) is 23.6 Å². The fraction of sp³-hybridized carbons (Fsp3) is 0.294. The summed E-state index contributed by atoms with van der Waals surface area (Å²) in [7, 11) is 0. The van der Waals surface area contributed by atoms with Crippen LogP contribution in [0.4, 0.5) is 17.2 Å². The molecule has 0 spiro atoms. The van der Waals surface area contributed by atoms with Gasteiger partial charge in [-0.15, -0.1) is 0 Å². The quantitative estimate of drug-likeness (QED) is 0.848. The zero-order chi connectivity index (χ0) is 16.1. The lowest BCUT2D eigenvalue weighted by atomic mass is 9.99. The topological polar surface area (TPSA) is 63.2 Å². The number of amides is 1. The van der Waals surface area contributed by atoms with Crippen LogP contribution in [0.1, 0.15) is 12.8 Å². The molecule has 3 rings (SSSR count). The van der Waals surface area contributed by atoms with Crippen molar-refractivity contribution >= 4 is 39.0 Å². The second kappa shape index (κ2) is 7.57. The summed E-state index contributed by atoms with van der Waals surface area (Å²) < 4.78 is 6.25. The van der Waals surface area contributed by atoms with E-state index in [4.69, 9.17) is 4.74 Å². The number of nitrogens with zero attached hydrogens (tertiary/aromatic N) is 1. The highest BCUT2D eigenvalue weighted by Crippen LogP contribution is 2.25. The van der Waals surface area contributed by atoms with Gasteiger partial charge in [0.2, 0.25) is 5.91 Å². The predicted octanol–water partition coefficient (Wildman–Crippen LogP) is 3.95. The first-order valence-corrected chi connectivity index (χ1v) is 8.38. The number of carbonyl (C=O) groups excluding carboxylic acids is 1. The van der Waals surface area contributed by atoms with Gasteiger partial charge in [-0.05, 0) is 53.0 Å². The molecule has 6 heteroatoms. The maximum absolute atomic E-state index is 12.2. The largest absolute Gasteiger partial charge is 0.381 e. The molecule has 1 aliphatic rings. The number of benzene rings is 1. The zero-order valence-electron chi connectivity index (χ0n) is 12.6. The Kier molecular flexibility index (Phi) is 5.25. The molecule has 120 valence electrons. The number of anilines is 3. The number of pyridine rings is 1. The first kappa shape index (κ1) is 16.0. The first-order chi connectivity index (χ1) is 11.2. The molecule has 2 N–H and O–H groups in total. The lowest BCUT2D eigenvalue weighted by Gasteiger charge is -2.21. The number of para-hydroxylation sites is 1. The van der Waals surface area contributed by atoms with Crippen molar-refractivity contribution in [3.05, 3.63) is 47.1 Å². The molecule has 0 unspecified atom stereocenters. The highest BCUT2D eigenvalue weighted by Gasteiger charge is 2.21. The molecule has 0 aliphatic carbocycles. The monoisotopic (exact) mass is 375 g/mol. The van der Waals surface area contributed by atoms with E-state index in [2.05, 4.69) is 31.5 Å². The van der Waals surface area contributed by atoms with Gasteiger partial charge in [-0.3, -0.25) is 4.79 Å². The molecule has 0 atom stereocenters. The van der Waals surface area contributed by atoms with E-state index in [1.807, 2.05) is 36.4 Å². The van der Waals surface area contributed by atoms with Crippen molar-refractivity contribution in [1.82, 2.24) is 4.98 Å². The fourth-order valence-electron chi connectivity index (χ4n) is 2.45. The average molecular weight is 376 g/mol. The summed E-state index contributed by atoms with van der Waals surface area (Å²) in [4.78, 5) is 16.5. The van der Waals surface area contributed by atoms with Crippen LogP contribution >= 0.6 is 15.9 Å². The van der Waals surface area contributed by atoms with Crippen molar-refractivity contribution in [2.45, 2.75) is 12.8 Å². The van der Waals surface area contributed by atoms with E-state index in [1.165, 1.54) is 0 Å². The molecule has 1 aliphatic heterocycles. The standard InChI is InChI=1S/C17H18BrN3O2/c18-14-3-1-2-4-15(14)21-16-6-5-13(11-19-16)20-17(22)12-7-9-23-10-8-12/h1-6,11-12H,7-10H2,(H,19,21)(H,20,22). The third kappa shape index (κ3) is 4.30. The Morgan fingerprint density at radius 2 is 1.96 bits per heavy atom. The van der Waals surface area contributed by atoms with Crippen LogP contribution in [0.15, 0.2) is 47.1 Å². The summed E-state index contributed by atoms with van der Waals surface area (Å²) >= 11 is 3.49. The molecule has 0 radical (unpaired) electrons. The van der Waals surface area contributed by atoms with Crippen LogP contribution in [0.3, 0.4) is 0 Å². The molecule has 1 aromatic carbocycles. The summed E-state index contributed by atoms with van der Waals surface area (Å²) in [6.07, 6.45) is 3.22. The molecular formula is C17H18BrN3O2. The molecule has 23 heavy (non-hydrogen) atoms. The van der Waals surface area contributed by atoms with Crippen LogP contribution in [0.2, 0.25) is 0 Å². The van der Waals surface area contributed by atoms with E-state index in [0.717, 1.165) is 28.8 Å². The number of carbonyl (C=O) groups is 1. The van der Waals surface area contributed by atoms with Crippen LogP contribution in [0.25, 0.3) is 0 Å². The van der Waals surface area contributed by atoms with Gasteiger partial charge in [0.05, 0.1) is 17.6 Å². The van der Waals surface area contributed by atoms with Crippen molar-refractivity contribution in [2.75, 3.05) is 23.8 Å². The van der Waals surface area contributed by atoms with E-state index in [1.54, 1.807) is 6.20 Å². The predicted molar refractivity (Wildman–Crippen MR) is 93.8 cm³/mol. The third-order valence-corrected chi connectivity index (χ3v) is 4.45. The van der Waals surface area contributed by atoms with Gasteiger partial charge >= 0.3 is 0 Å². The Hall–Kier alpha value is -1.92. The smallest absolute Gasteiger partial charge is 0.227 e. The molecular weight excluding hydrogens is 358 g/mol. The lowest BCUT2D eigenvalue weighted by Crippen LogP contribution is -2.28. The fourth-order valence-corrected chi connectivity index (χ4v) is 2.83. The van der Waals surface area contributed by atoms with Crippen molar-refractivity contribution in [1.29, 1.82) is 0 Å². The Morgan fingerprint density at radius 3 is 2.65 bits per heavy atom. The van der Waals surface area contributed by atoms with Crippen molar-refractivity contribution < 1.29 is 9.53 Å². The highest BCUT2D eigenvalue weighted by atomic mass is 79.9. The van der Waals surface area contributed by atoms with E-state index in [0.29, 0.717) is 18.9 Å². The molecule has 1 aromatic heterocycles. The van der Waals surface area contributed by atoms with Crippen molar-refractivity contribution in [3.8, 4) is 0 Å². The SMILES string of the molecule is O=C(Nc1ccc(Nc2ccccc2Br)nc1)C1CCOCC1. The summed E-state index contributed by atoms with van der Waals surface area (Å²) in [5.74, 6) is 0.796. The number of halogens is 1. The van der Waals surface area contributed by atoms with Gasteiger partial charge in [-0.2, -0.15) is 0 Å². The molecule has 2 heterocycles. The van der Waals surface area contributed by atoms with Gasteiger partial charge in [0.1, 0.15) is 5.82 Å². The van der Waals surface area contributed by atoms with Crippen LogP contribution in [0.5, 0.6) is 0 Å². The lowest BCUT2D eigenvalue weighted by molar-refractivity contribution is -0.122. The normalized spacial score (nSPS) is 15.2. The molecule has 1 fully saturated rings. The maximum atomic E-state index is 12.2. The van der Waals surface area contributed by atoms with Gasteiger partial charge in [0.15, 0.2) is 0 Å². The molecule has 1 saturated heterocycles. The van der Waals surface area contributed by atoms with Crippen LogP contribution in [-0.2, 0) is 9.53 Å². The van der Waals surface area contributed by atoms with Crippen LogP contribution in [0, 0.1) is 5.92 Å². The zero-order valence-corrected chi connectivity index (χ0v) is 14.2. The summed E-state index contributed by atoms with van der Waals surface area (Å²) in [6.45, 7) is 1.32. The Bertz CT molecular complexity index is 670. The minimum atomic E-state index is 0.0295. The number of hydrogen-bond donors (Lipinski definition) is 2. The van der Waals surface area contributed by atoms with E-state index in [-0.39, 0.29) is 11.8 Å². The first-order valence-electron chi connectivity index (χ1n) is 7.58. The Morgan fingerprint density at radius 1 is 1.17 bits per heavy atom. The van der Waals surface area contributed by atoms with Gasteiger partial charge in [0.25, 0.3) is 0 Å². The minimum absolute atomic E-state index is 0.0295. The Balaban J connectivity index is 1.60. The Labute approximate surface area is 143 Å². The van der Waals surface area contributed by atoms with Crippen LogP contribution < -0.4 is 10.6 Å². The van der Waals surface area contributed by atoms with Gasteiger partial charge in [-0.25, -0.2) is 4.98 Å². The number of rotatable bonds is 4. The minimum Gasteiger partial charge on any atom is -0.381 e. The molecule has 0 saturated carbocycles. The van der Waals surface area contributed by atoms with Crippen molar-refractivity contribution in [3.63, 3.8) is 0 Å². The number of ether oxygens (including phenoxy) is 1. The van der Waals surface area contributed by atoms with Crippen LogP contribution in [-0.4, -0.2) is 24.1 Å². The second-order valence-corrected chi connectivity index (χ2v) is 6.27. The molecule has 0 bridgehead atoms. The summed E-state index contributed by atoms with van der Waals surface area (Å²) in [5.41, 5.74) is 1.65.